The van der Waals surface area contributed by atoms with Gasteiger partial charge in [0.05, 0.1) is 12.6 Å². The SMILES string of the molecule is CN=C(NCc1cccc(COCC(F)(F)F)c1)NC(C)c1ccccc1C. The van der Waals surface area contributed by atoms with Gasteiger partial charge in [-0.2, -0.15) is 13.2 Å². The number of guanidine groups is 1. The molecule has 2 aromatic carbocycles. The number of alkyl halides is 3. The van der Waals surface area contributed by atoms with Crippen LogP contribution in [0.2, 0.25) is 0 Å². The van der Waals surface area contributed by atoms with Crippen molar-refractivity contribution in [2.45, 2.75) is 39.2 Å². The lowest BCUT2D eigenvalue weighted by atomic mass is 10.0. The number of halogens is 3. The molecule has 0 radical (unpaired) electrons. The van der Waals surface area contributed by atoms with Crippen LogP contribution < -0.4 is 10.6 Å². The lowest BCUT2D eigenvalue weighted by Crippen LogP contribution is -2.38. The molecule has 2 N–H and O–H groups in total. The lowest BCUT2D eigenvalue weighted by molar-refractivity contribution is -0.176. The summed E-state index contributed by atoms with van der Waals surface area (Å²) in [5, 5.41) is 6.58. The maximum atomic E-state index is 12.2. The second-order valence-electron chi connectivity index (χ2n) is 6.58. The first-order valence-electron chi connectivity index (χ1n) is 9.03. The Morgan fingerprint density at radius 3 is 2.50 bits per heavy atom. The van der Waals surface area contributed by atoms with Crippen LogP contribution in [0.15, 0.2) is 53.5 Å². The summed E-state index contributed by atoms with van der Waals surface area (Å²) in [6.07, 6.45) is -4.31. The molecule has 0 aliphatic carbocycles. The van der Waals surface area contributed by atoms with Crippen molar-refractivity contribution in [3.8, 4) is 0 Å². The summed E-state index contributed by atoms with van der Waals surface area (Å²) in [7, 11) is 1.70. The smallest absolute Gasteiger partial charge is 0.367 e. The number of hydrogen-bond donors (Lipinski definition) is 2. The minimum Gasteiger partial charge on any atom is -0.367 e. The van der Waals surface area contributed by atoms with E-state index in [1.807, 2.05) is 24.3 Å². The Bertz CT molecular complexity index is 790. The van der Waals surface area contributed by atoms with Gasteiger partial charge in [0.2, 0.25) is 0 Å². The zero-order valence-electron chi connectivity index (χ0n) is 16.3. The summed E-state index contributed by atoms with van der Waals surface area (Å²) >= 11 is 0. The topological polar surface area (TPSA) is 45.7 Å². The monoisotopic (exact) mass is 393 g/mol. The first-order valence-corrected chi connectivity index (χ1v) is 9.03. The Labute approximate surface area is 163 Å². The van der Waals surface area contributed by atoms with Crippen LogP contribution in [0.3, 0.4) is 0 Å². The predicted molar refractivity (Wildman–Crippen MR) is 105 cm³/mol. The summed E-state index contributed by atoms with van der Waals surface area (Å²) < 4.78 is 41.3. The zero-order chi connectivity index (χ0) is 20.6. The van der Waals surface area contributed by atoms with Crippen LogP contribution in [-0.2, 0) is 17.9 Å². The highest BCUT2D eigenvalue weighted by Crippen LogP contribution is 2.17. The maximum absolute atomic E-state index is 12.2. The molecule has 28 heavy (non-hydrogen) atoms. The van der Waals surface area contributed by atoms with E-state index in [0.717, 1.165) is 5.56 Å². The van der Waals surface area contributed by atoms with Crippen LogP contribution in [0, 0.1) is 6.92 Å². The lowest BCUT2D eigenvalue weighted by Gasteiger charge is -2.20. The van der Waals surface area contributed by atoms with E-state index in [1.165, 1.54) is 11.1 Å². The fraction of sp³-hybridized carbons (Fsp3) is 0.381. The third-order valence-electron chi connectivity index (χ3n) is 4.22. The van der Waals surface area contributed by atoms with E-state index >= 15 is 0 Å². The fourth-order valence-electron chi connectivity index (χ4n) is 2.85. The predicted octanol–water partition coefficient (Wildman–Crippen LogP) is 4.50. The molecular weight excluding hydrogens is 367 g/mol. The molecule has 0 aromatic heterocycles. The summed E-state index contributed by atoms with van der Waals surface area (Å²) in [4.78, 5) is 4.24. The number of nitrogens with zero attached hydrogens (tertiary/aromatic N) is 1. The Kier molecular flexibility index (Phi) is 7.87. The second kappa shape index (κ2) is 10.1. The van der Waals surface area contributed by atoms with Crippen molar-refractivity contribution < 1.29 is 17.9 Å². The molecule has 0 heterocycles. The van der Waals surface area contributed by atoms with Crippen LogP contribution >= 0.6 is 0 Å². The van der Waals surface area contributed by atoms with E-state index in [1.54, 1.807) is 19.2 Å². The van der Waals surface area contributed by atoms with E-state index < -0.39 is 12.8 Å². The Morgan fingerprint density at radius 1 is 1.11 bits per heavy atom. The normalized spacial score (nSPS) is 13.3. The molecule has 1 atom stereocenters. The van der Waals surface area contributed by atoms with Crippen LogP contribution in [-0.4, -0.2) is 25.8 Å². The Morgan fingerprint density at radius 2 is 1.82 bits per heavy atom. The molecule has 0 aliphatic rings. The van der Waals surface area contributed by atoms with Gasteiger partial charge < -0.3 is 15.4 Å². The standard InChI is InChI=1S/C21H26F3N3O/c1-15-7-4-5-10-19(15)16(2)27-20(25-3)26-12-17-8-6-9-18(11-17)13-28-14-21(22,23)24/h4-11,16H,12-14H2,1-3H3,(H2,25,26,27). The summed E-state index contributed by atoms with van der Waals surface area (Å²) in [6, 6.07) is 15.5. The van der Waals surface area contributed by atoms with Crippen LogP contribution in [0.25, 0.3) is 0 Å². The molecule has 7 heteroatoms. The summed E-state index contributed by atoms with van der Waals surface area (Å²) in [5.74, 6) is 0.648. The highest BCUT2D eigenvalue weighted by atomic mass is 19.4. The minimum absolute atomic E-state index is 0.0782. The molecule has 0 spiro atoms. The van der Waals surface area contributed by atoms with Gasteiger partial charge in [0.15, 0.2) is 5.96 Å². The van der Waals surface area contributed by atoms with Gasteiger partial charge in [-0.3, -0.25) is 4.99 Å². The molecule has 0 fully saturated rings. The summed E-state index contributed by atoms with van der Waals surface area (Å²) in [5.41, 5.74) is 4.01. The van der Waals surface area contributed by atoms with Gasteiger partial charge in [-0.25, -0.2) is 0 Å². The van der Waals surface area contributed by atoms with Crippen LogP contribution in [0.1, 0.15) is 35.2 Å². The molecular formula is C21H26F3N3O. The quantitative estimate of drug-likeness (QED) is 0.538. The van der Waals surface area contributed by atoms with Gasteiger partial charge in [-0.05, 0) is 36.1 Å². The van der Waals surface area contributed by atoms with E-state index in [0.29, 0.717) is 18.1 Å². The van der Waals surface area contributed by atoms with Crippen molar-refractivity contribution in [1.82, 2.24) is 10.6 Å². The molecule has 1 unspecified atom stereocenters. The van der Waals surface area contributed by atoms with E-state index in [9.17, 15) is 13.2 Å². The average Bonchev–Trinajstić information content (AvgIpc) is 2.64. The van der Waals surface area contributed by atoms with Gasteiger partial charge >= 0.3 is 6.18 Å². The van der Waals surface area contributed by atoms with E-state index in [2.05, 4.69) is 41.6 Å². The molecule has 2 rings (SSSR count). The highest BCUT2D eigenvalue weighted by Gasteiger charge is 2.27. The largest absolute Gasteiger partial charge is 0.411 e. The number of hydrogen-bond acceptors (Lipinski definition) is 2. The zero-order valence-corrected chi connectivity index (χ0v) is 16.3. The maximum Gasteiger partial charge on any atom is 0.411 e. The van der Waals surface area contributed by atoms with Gasteiger partial charge in [0, 0.05) is 13.6 Å². The number of nitrogens with one attached hydrogen (secondary N) is 2. The van der Waals surface area contributed by atoms with Crippen molar-refractivity contribution in [3.05, 3.63) is 70.8 Å². The minimum atomic E-state index is -4.31. The van der Waals surface area contributed by atoms with Crippen molar-refractivity contribution in [1.29, 1.82) is 0 Å². The van der Waals surface area contributed by atoms with Gasteiger partial charge in [-0.15, -0.1) is 0 Å². The molecule has 0 amide bonds. The Balaban J connectivity index is 1.89. The molecule has 0 saturated heterocycles. The molecule has 4 nitrogen and oxygen atoms in total. The molecule has 2 aromatic rings. The number of benzene rings is 2. The number of ether oxygens (including phenoxy) is 1. The first kappa shape index (κ1) is 21.8. The number of aryl methyl sites for hydroxylation is 1. The van der Waals surface area contributed by atoms with Gasteiger partial charge in [-0.1, -0.05) is 48.5 Å². The van der Waals surface area contributed by atoms with Gasteiger partial charge in [0.1, 0.15) is 6.61 Å². The van der Waals surface area contributed by atoms with Crippen LogP contribution in [0.5, 0.6) is 0 Å². The van der Waals surface area contributed by atoms with Crippen molar-refractivity contribution in [2.24, 2.45) is 4.99 Å². The fourth-order valence-corrected chi connectivity index (χ4v) is 2.85. The third kappa shape index (κ3) is 7.23. The highest BCUT2D eigenvalue weighted by molar-refractivity contribution is 5.80. The van der Waals surface area contributed by atoms with E-state index in [-0.39, 0.29) is 12.6 Å². The Hall–Kier alpha value is -2.54. The van der Waals surface area contributed by atoms with Crippen molar-refractivity contribution >= 4 is 5.96 Å². The van der Waals surface area contributed by atoms with Crippen molar-refractivity contribution in [2.75, 3.05) is 13.7 Å². The summed E-state index contributed by atoms with van der Waals surface area (Å²) in [6.45, 7) is 3.30. The van der Waals surface area contributed by atoms with E-state index in [4.69, 9.17) is 4.74 Å². The molecule has 0 bridgehead atoms. The van der Waals surface area contributed by atoms with Crippen LogP contribution in [0.4, 0.5) is 13.2 Å². The second-order valence-corrected chi connectivity index (χ2v) is 6.58. The van der Waals surface area contributed by atoms with Gasteiger partial charge in [0.25, 0.3) is 0 Å². The van der Waals surface area contributed by atoms with Crippen molar-refractivity contribution in [3.63, 3.8) is 0 Å². The molecule has 152 valence electrons. The number of rotatable bonds is 7. The number of aliphatic imine (C=N–C) groups is 1. The third-order valence-corrected chi connectivity index (χ3v) is 4.22. The molecule has 0 saturated carbocycles. The average molecular weight is 393 g/mol. The first-order chi connectivity index (χ1) is 13.3. The molecule has 0 aliphatic heterocycles.